The van der Waals surface area contributed by atoms with Gasteiger partial charge in [0.2, 0.25) is 0 Å². The molecule has 1 aliphatic heterocycles. The Kier molecular flexibility index (Phi) is 5.10. The number of hydrogen-bond acceptors (Lipinski definition) is 5. The van der Waals surface area contributed by atoms with Gasteiger partial charge in [0.1, 0.15) is 11.6 Å². The molecule has 22 heavy (non-hydrogen) atoms. The molecule has 0 aromatic carbocycles. The van der Waals surface area contributed by atoms with Crippen LogP contribution >= 0.6 is 0 Å². The van der Waals surface area contributed by atoms with Crippen LogP contribution in [0.3, 0.4) is 0 Å². The van der Waals surface area contributed by atoms with Crippen molar-refractivity contribution in [3.05, 3.63) is 11.6 Å². The molecule has 1 saturated carbocycles. The molecule has 0 N–H and O–H groups in total. The summed E-state index contributed by atoms with van der Waals surface area (Å²) in [6, 6.07) is 0.574. The number of aromatic nitrogens is 3. The monoisotopic (exact) mass is 307 g/mol. The third-order valence-corrected chi connectivity index (χ3v) is 4.88. The zero-order chi connectivity index (χ0) is 15.5. The lowest BCUT2D eigenvalue weighted by atomic mass is 10.2. The molecule has 1 aliphatic carbocycles. The van der Waals surface area contributed by atoms with Gasteiger partial charge in [-0.25, -0.2) is 0 Å². The number of nitrogens with zero attached hydrogens (tertiary/aromatic N) is 5. The Hall–Kier alpha value is -0.980. The molecule has 2 heterocycles. The van der Waals surface area contributed by atoms with Crippen LogP contribution in [0.2, 0.25) is 0 Å². The van der Waals surface area contributed by atoms with E-state index in [4.69, 9.17) is 4.74 Å². The van der Waals surface area contributed by atoms with Crippen molar-refractivity contribution < 1.29 is 4.74 Å². The minimum absolute atomic E-state index is 0.574. The van der Waals surface area contributed by atoms with Crippen molar-refractivity contribution in [1.82, 2.24) is 24.6 Å². The van der Waals surface area contributed by atoms with Gasteiger partial charge in [-0.3, -0.25) is 9.80 Å². The Morgan fingerprint density at radius 3 is 2.73 bits per heavy atom. The topological polar surface area (TPSA) is 46.4 Å². The number of ether oxygens (including phenoxy) is 1. The minimum Gasteiger partial charge on any atom is -0.380 e. The van der Waals surface area contributed by atoms with E-state index in [0.29, 0.717) is 12.0 Å². The second kappa shape index (κ2) is 7.06. The summed E-state index contributed by atoms with van der Waals surface area (Å²) in [5.74, 6) is 2.95. The largest absolute Gasteiger partial charge is 0.380 e. The summed E-state index contributed by atoms with van der Waals surface area (Å²) >= 11 is 0. The van der Waals surface area contributed by atoms with Crippen molar-refractivity contribution in [2.45, 2.75) is 45.2 Å². The summed E-state index contributed by atoms with van der Waals surface area (Å²) in [6.45, 7) is 11.3. The van der Waals surface area contributed by atoms with E-state index in [1.54, 1.807) is 0 Å². The lowest BCUT2D eigenvalue weighted by Crippen LogP contribution is -2.52. The van der Waals surface area contributed by atoms with Crippen LogP contribution in [0.5, 0.6) is 0 Å². The van der Waals surface area contributed by atoms with Crippen molar-refractivity contribution in [2.75, 3.05) is 39.4 Å². The van der Waals surface area contributed by atoms with E-state index in [1.165, 1.54) is 18.7 Å². The molecule has 0 amide bonds. The first-order valence-corrected chi connectivity index (χ1v) is 8.61. The van der Waals surface area contributed by atoms with Crippen LogP contribution in [0.15, 0.2) is 0 Å². The van der Waals surface area contributed by atoms with Crippen LogP contribution < -0.4 is 0 Å². The fourth-order valence-corrected chi connectivity index (χ4v) is 3.28. The van der Waals surface area contributed by atoms with Gasteiger partial charge in [0.15, 0.2) is 0 Å². The Morgan fingerprint density at radius 2 is 2.05 bits per heavy atom. The molecule has 1 atom stereocenters. The maximum atomic E-state index is 5.48. The predicted molar refractivity (Wildman–Crippen MR) is 85.8 cm³/mol. The van der Waals surface area contributed by atoms with E-state index < -0.39 is 0 Å². The Bertz CT molecular complexity index is 485. The Morgan fingerprint density at radius 1 is 1.23 bits per heavy atom. The van der Waals surface area contributed by atoms with Crippen LogP contribution in [0.25, 0.3) is 0 Å². The van der Waals surface area contributed by atoms with Crippen LogP contribution in [0, 0.1) is 0 Å². The third-order valence-electron chi connectivity index (χ3n) is 4.88. The molecule has 1 saturated heterocycles. The van der Waals surface area contributed by atoms with Crippen molar-refractivity contribution in [1.29, 1.82) is 0 Å². The van der Waals surface area contributed by atoms with Gasteiger partial charge < -0.3 is 9.30 Å². The van der Waals surface area contributed by atoms with Gasteiger partial charge in [0.25, 0.3) is 0 Å². The highest BCUT2D eigenvalue weighted by Crippen LogP contribution is 2.38. The van der Waals surface area contributed by atoms with E-state index in [0.717, 1.165) is 51.8 Å². The highest BCUT2D eigenvalue weighted by Gasteiger charge is 2.30. The average Bonchev–Trinajstić information content (AvgIpc) is 3.28. The van der Waals surface area contributed by atoms with E-state index in [2.05, 4.69) is 45.5 Å². The normalized spacial score (nSPS) is 24.0. The molecule has 6 nitrogen and oxygen atoms in total. The lowest BCUT2D eigenvalue weighted by Gasteiger charge is -2.39. The van der Waals surface area contributed by atoms with Crippen molar-refractivity contribution >= 4 is 0 Å². The summed E-state index contributed by atoms with van der Waals surface area (Å²) in [7, 11) is 2.12. The molecule has 0 spiro atoms. The van der Waals surface area contributed by atoms with Crippen molar-refractivity contribution in [3.63, 3.8) is 0 Å². The zero-order valence-corrected chi connectivity index (χ0v) is 14.2. The molecule has 2 fully saturated rings. The van der Waals surface area contributed by atoms with E-state index >= 15 is 0 Å². The lowest BCUT2D eigenvalue weighted by molar-refractivity contribution is 0.0454. The number of piperazine rings is 1. The Balaban J connectivity index is 1.50. The molecule has 1 aromatic heterocycles. The zero-order valence-electron chi connectivity index (χ0n) is 14.2. The molecular weight excluding hydrogens is 278 g/mol. The average molecular weight is 307 g/mol. The standard InChI is InChI=1S/C16H29N5O/c1-4-22-10-9-21-8-7-20(11-13(21)2)12-15-17-18-16(19(15)3)14-5-6-14/h13-14H,4-12H2,1-3H3. The molecule has 124 valence electrons. The highest BCUT2D eigenvalue weighted by molar-refractivity contribution is 5.07. The second-order valence-corrected chi connectivity index (χ2v) is 6.62. The van der Waals surface area contributed by atoms with Gasteiger partial charge in [0.05, 0.1) is 13.2 Å². The molecular formula is C16H29N5O. The SMILES string of the molecule is CCOCCN1CCN(Cc2nnc(C3CC3)n2C)CC1C. The number of hydrogen-bond donors (Lipinski definition) is 0. The fraction of sp³-hybridized carbons (Fsp3) is 0.875. The second-order valence-electron chi connectivity index (χ2n) is 6.62. The predicted octanol–water partition coefficient (Wildman–Crippen LogP) is 1.24. The van der Waals surface area contributed by atoms with E-state index in [9.17, 15) is 0 Å². The van der Waals surface area contributed by atoms with Crippen molar-refractivity contribution in [2.24, 2.45) is 7.05 Å². The van der Waals surface area contributed by atoms with Gasteiger partial charge in [0, 0.05) is 51.8 Å². The van der Waals surface area contributed by atoms with Crippen LogP contribution in [0.1, 0.15) is 44.3 Å². The summed E-state index contributed by atoms with van der Waals surface area (Å²) in [4.78, 5) is 5.03. The Labute approximate surface area is 133 Å². The first kappa shape index (κ1) is 15.9. The molecule has 0 radical (unpaired) electrons. The van der Waals surface area contributed by atoms with Crippen LogP contribution in [-0.2, 0) is 18.3 Å². The summed E-state index contributed by atoms with van der Waals surface area (Å²) in [6.07, 6.45) is 2.56. The van der Waals surface area contributed by atoms with Gasteiger partial charge in [-0.15, -0.1) is 10.2 Å². The first-order valence-electron chi connectivity index (χ1n) is 8.61. The molecule has 0 bridgehead atoms. The molecule has 1 aromatic rings. The quantitative estimate of drug-likeness (QED) is 0.709. The van der Waals surface area contributed by atoms with Gasteiger partial charge >= 0.3 is 0 Å². The van der Waals surface area contributed by atoms with Gasteiger partial charge in [-0.05, 0) is 26.7 Å². The maximum absolute atomic E-state index is 5.48. The first-order chi connectivity index (χ1) is 10.7. The molecule has 6 heteroatoms. The third kappa shape index (κ3) is 3.67. The minimum atomic E-state index is 0.574. The summed E-state index contributed by atoms with van der Waals surface area (Å²) in [5.41, 5.74) is 0. The van der Waals surface area contributed by atoms with Crippen LogP contribution in [-0.4, -0.2) is 70.0 Å². The van der Waals surface area contributed by atoms with Crippen LogP contribution in [0.4, 0.5) is 0 Å². The fourth-order valence-electron chi connectivity index (χ4n) is 3.28. The molecule has 1 unspecified atom stereocenters. The number of rotatable bonds is 7. The smallest absolute Gasteiger partial charge is 0.146 e. The molecule has 3 rings (SSSR count). The van der Waals surface area contributed by atoms with Crippen molar-refractivity contribution in [3.8, 4) is 0 Å². The van der Waals surface area contributed by atoms with E-state index in [-0.39, 0.29) is 0 Å². The molecule has 2 aliphatic rings. The van der Waals surface area contributed by atoms with Gasteiger partial charge in [-0.1, -0.05) is 0 Å². The summed E-state index contributed by atoms with van der Waals surface area (Å²) in [5, 5.41) is 8.80. The maximum Gasteiger partial charge on any atom is 0.146 e. The van der Waals surface area contributed by atoms with E-state index in [1.807, 2.05) is 0 Å². The van der Waals surface area contributed by atoms with Gasteiger partial charge in [-0.2, -0.15) is 0 Å². The summed E-state index contributed by atoms with van der Waals surface area (Å²) < 4.78 is 7.69. The highest BCUT2D eigenvalue weighted by atomic mass is 16.5.